The van der Waals surface area contributed by atoms with Gasteiger partial charge in [-0.2, -0.15) is 5.10 Å². The molecule has 1 unspecified atom stereocenters. The summed E-state index contributed by atoms with van der Waals surface area (Å²) in [6.45, 7) is 5.26. The molecule has 1 heterocycles. The van der Waals surface area contributed by atoms with Gasteiger partial charge in [0.1, 0.15) is 24.3 Å². The Hall–Kier alpha value is -1.92. The zero-order valence-corrected chi connectivity index (χ0v) is 10.3. The minimum absolute atomic E-state index is 0.299. The highest BCUT2D eigenvalue weighted by molar-refractivity contribution is 5.73. The van der Waals surface area contributed by atoms with E-state index in [2.05, 4.69) is 15.2 Å². The Morgan fingerprint density at radius 3 is 2.65 bits per heavy atom. The van der Waals surface area contributed by atoms with Crippen LogP contribution in [0.1, 0.15) is 32.6 Å². The van der Waals surface area contributed by atoms with Gasteiger partial charge in [0.15, 0.2) is 5.82 Å². The maximum Gasteiger partial charge on any atom is 0.411 e. The lowest BCUT2D eigenvalue weighted by atomic mass is 10.2. The maximum absolute atomic E-state index is 11.7. The van der Waals surface area contributed by atoms with Gasteiger partial charge in [0.05, 0.1) is 0 Å². The van der Waals surface area contributed by atoms with Gasteiger partial charge in [-0.3, -0.25) is 10.00 Å². The van der Waals surface area contributed by atoms with Crippen LogP contribution in [0.25, 0.3) is 0 Å². The van der Waals surface area contributed by atoms with Gasteiger partial charge in [0.2, 0.25) is 0 Å². The van der Waals surface area contributed by atoms with Crippen LogP contribution in [0.5, 0.6) is 0 Å². The van der Waals surface area contributed by atoms with E-state index in [1.807, 2.05) is 0 Å². The summed E-state index contributed by atoms with van der Waals surface area (Å²) in [6.07, 6.45) is 1.28. The molecule has 7 heteroatoms. The van der Waals surface area contributed by atoms with E-state index >= 15 is 0 Å². The van der Waals surface area contributed by atoms with Crippen LogP contribution >= 0.6 is 0 Å². The molecule has 0 bridgehead atoms. The van der Waals surface area contributed by atoms with Crippen LogP contribution < -0.4 is 0 Å². The van der Waals surface area contributed by atoms with Crippen molar-refractivity contribution in [3.8, 4) is 0 Å². The first-order chi connectivity index (χ1) is 7.85. The largest absolute Gasteiger partial charge is 0.444 e. The molecule has 0 spiro atoms. The Morgan fingerprint density at radius 1 is 1.59 bits per heavy atom. The minimum Gasteiger partial charge on any atom is -0.444 e. The number of likely N-dealkylation sites (N-methyl/N-ethyl adjacent to an activating group) is 1. The van der Waals surface area contributed by atoms with Crippen molar-refractivity contribution in [3.63, 3.8) is 0 Å². The van der Waals surface area contributed by atoms with E-state index in [1.54, 1.807) is 20.8 Å². The second kappa shape index (κ2) is 4.94. The summed E-state index contributed by atoms with van der Waals surface area (Å²) in [6, 6.07) is -0.827. The Bertz CT molecular complexity index is 383. The molecule has 0 aromatic carbocycles. The summed E-state index contributed by atoms with van der Waals surface area (Å²) in [5.74, 6) is 0.299. The number of carbonyl (C=O) groups is 2. The van der Waals surface area contributed by atoms with Crippen LogP contribution in [-0.2, 0) is 9.53 Å². The minimum atomic E-state index is -0.827. The number of ether oxygens (including phenoxy) is 1. The average molecular weight is 240 g/mol. The van der Waals surface area contributed by atoms with E-state index in [4.69, 9.17) is 4.74 Å². The summed E-state index contributed by atoms with van der Waals surface area (Å²) < 4.78 is 5.15. The molecular weight excluding hydrogens is 224 g/mol. The number of hydrogen-bond acceptors (Lipinski definition) is 5. The van der Waals surface area contributed by atoms with Crippen LogP contribution in [0.15, 0.2) is 6.33 Å². The fourth-order valence-electron chi connectivity index (χ4n) is 1.14. The summed E-state index contributed by atoms with van der Waals surface area (Å²) in [5.41, 5.74) is -0.611. The quantitative estimate of drug-likeness (QED) is 0.793. The molecule has 94 valence electrons. The number of rotatable bonds is 3. The number of hydrogen-bond donors (Lipinski definition) is 1. The molecule has 1 aromatic heterocycles. The number of aromatic amines is 1. The van der Waals surface area contributed by atoms with Crippen LogP contribution in [0.3, 0.4) is 0 Å². The molecule has 0 fully saturated rings. The molecule has 1 rings (SSSR count). The number of amides is 1. The fourth-order valence-corrected chi connectivity index (χ4v) is 1.14. The van der Waals surface area contributed by atoms with Crippen LogP contribution in [0.2, 0.25) is 0 Å². The van der Waals surface area contributed by atoms with E-state index in [1.165, 1.54) is 18.3 Å². The number of aromatic nitrogens is 3. The monoisotopic (exact) mass is 240 g/mol. The number of aldehydes is 1. The van der Waals surface area contributed by atoms with Crippen molar-refractivity contribution in [2.45, 2.75) is 32.4 Å². The third-order valence-corrected chi connectivity index (χ3v) is 1.94. The molecule has 0 aliphatic rings. The number of carbonyl (C=O) groups excluding carboxylic acids is 2. The Kier molecular flexibility index (Phi) is 3.82. The summed E-state index contributed by atoms with van der Waals surface area (Å²) in [5, 5.41) is 6.18. The summed E-state index contributed by atoms with van der Waals surface area (Å²) in [7, 11) is 1.47. The van der Waals surface area contributed by atoms with E-state index in [-0.39, 0.29) is 0 Å². The molecule has 0 aliphatic heterocycles. The molecule has 1 amide bonds. The normalized spacial score (nSPS) is 12.9. The highest BCUT2D eigenvalue weighted by atomic mass is 16.6. The fraction of sp³-hybridized carbons (Fsp3) is 0.600. The highest BCUT2D eigenvalue weighted by Gasteiger charge is 2.27. The van der Waals surface area contributed by atoms with E-state index in [9.17, 15) is 9.59 Å². The summed E-state index contributed by atoms with van der Waals surface area (Å²) in [4.78, 5) is 27.7. The van der Waals surface area contributed by atoms with Gasteiger partial charge < -0.3 is 9.53 Å². The van der Waals surface area contributed by atoms with E-state index in [0.29, 0.717) is 12.1 Å². The molecule has 1 N–H and O–H groups in total. The van der Waals surface area contributed by atoms with Gasteiger partial charge >= 0.3 is 6.09 Å². The molecule has 0 radical (unpaired) electrons. The molecular formula is C10H16N4O3. The topological polar surface area (TPSA) is 88.2 Å². The van der Waals surface area contributed by atoms with E-state index < -0.39 is 17.7 Å². The van der Waals surface area contributed by atoms with Gasteiger partial charge in [-0.05, 0) is 20.8 Å². The van der Waals surface area contributed by atoms with Crippen molar-refractivity contribution < 1.29 is 14.3 Å². The molecule has 0 aliphatic carbocycles. The molecule has 1 atom stereocenters. The van der Waals surface area contributed by atoms with Gasteiger partial charge in [-0.1, -0.05) is 0 Å². The molecule has 0 saturated heterocycles. The second-order valence-corrected chi connectivity index (χ2v) is 4.54. The van der Waals surface area contributed by atoms with Crippen molar-refractivity contribution in [3.05, 3.63) is 12.2 Å². The van der Waals surface area contributed by atoms with Gasteiger partial charge in [0.25, 0.3) is 0 Å². The van der Waals surface area contributed by atoms with Gasteiger partial charge in [-0.15, -0.1) is 0 Å². The van der Waals surface area contributed by atoms with Crippen LogP contribution in [-0.4, -0.2) is 45.1 Å². The predicted octanol–water partition coefficient (Wildman–Crippen LogP) is 0.912. The standard InChI is InChI=1S/C10H16N4O3/c1-10(2,3)17-9(16)14(4)7(5-15)8-11-6-12-13-8/h5-7H,1-4H3,(H,11,12,13). The van der Waals surface area contributed by atoms with Crippen molar-refractivity contribution in [2.24, 2.45) is 0 Å². The predicted molar refractivity (Wildman–Crippen MR) is 59.2 cm³/mol. The van der Waals surface area contributed by atoms with Crippen LogP contribution in [0.4, 0.5) is 4.79 Å². The van der Waals surface area contributed by atoms with Gasteiger partial charge in [0, 0.05) is 7.05 Å². The maximum atomic E-state index is 11.7. The molecule has 0 saturated carbocycles. The Labute approximate surface area is 99.2 Å². The first-order valence-electron chi connectivity index (χ1n) is 5.11. The smallest absolute Gasteiger partial charge is 0.411 e. The Balaban J connectivity index is 2.77. The lowest BCUT2D eigenvalue weighted by Gasteiger charge is -2.26. The summed E-state index contributed by atoms with van der Waals surface area (Å²) >= 11 is 0. The SMILES string of the molecule is CN(C(=O)OC(C)(C)C)C(C=O)c1ncn[nH]1. The van der Waals surface area contributed by atoms with Crippen molar-refractivity contribution >= 4 is 12.4 Å². The molecule has 7 nitrogen and oxygen atoms in total. The number of nitrogens with one attached hydrogen (secondary N) is 1. The number of nitrogens with zero attached hydrogens (tertiary/aromatic N) is 3. The van der Waals surface area contributed by atoms with Crippen LogP contribution in [0, 0.1) is 0 Å². The molecule has 1 aromatic rings. The van der Waals surface area contributed by atoms with Crippen molar-refractivity contribution in [1.82, 2.24) is 20.1 Å². The lowest BCUT2D eigenvalue weighted by molar-refractivity contribution is -0.112. The lowest BCUT2D eigenvalue weighted by Crippen LogP contribution is -2.37. The van der Waals surface area contributed by atoms with Crippen molar-refractivity contribution in [1.29, 1.82) is 0 Å². The first-order valence-corrected chi connectivity index (χ1v) is 5.11. The van der Waals surface area contributed by atoms with Crippen molar-refractivity contribution in [2.75, 3.05) is 7.05 Å². The Morgan fingerprint density at radius 2 is 2.24 bits per heavy atom. The van der Waals surface area contributed by atoms with Gasteiger partial charge in [-0.25, -0.2) is 9.78 Å². The number of H-pyrrole nitrogens is 1. The zero-order valence-electron chi connectivity index (χ0n) is 10.3. The third kappa shape index (κ3) is 3.54. The first kappa shape index (κ1) is 13.1. The molecule has 17 heavy (non-hydrogen) atoms. The third-order valence-electron chi connectivity index (χ3n) is 1.94. The van der Waals surface area contributed by atoms with E-state index in [0.717, 1.165) is 0 Å². The average Bonchev–Trinajstić information content (AvgIpc) is 2.69. The highest BCUT2D eigenvalue weighted by Crippen LogP contribution is 2.16. The second-order valence-electron chi connectivity index (χ2n) is 4.54. The zero-order chi connectivity index (χ0) is 13.1.